The summed E-state index contributed by atoms with van der Waals surface area (Å²) in [4.78, 5) is 30.5. The molecular weight excluding hydrogens is 445 g/mol. The van der Waals surface area contributed by atoms with Gasteiger partial charge in [-0.1, -0.05) is 36.5 Å². The molecule has 8 heteroatoms. The fourth-order valence-electron chi connectivity index (χ4n) is 3.05. The summed E-state index contributed by atoms with van der Waals surface area (Å²) in [5, 5.41) is 6.00. The Morgan fingerprint density at radius 1 is 1.03 bits per heavy atom. The third-order valence-corrected chi connectivity index (χ3v) is 6.97. The van der Waals surface area contributed by atoms with Crippen LogP contribution in [0.5, 0.6) is 0 Å². The first kappa shape index (κ1) is 22.0. The van der Waals surface area contributed by atoms with E-state index in [1.54, 1.807) is 6.07 Å². The van der Waals surface area contributed by atoms with Crippen LogP contribution >= 0.6 is 23.1 Å². The predicted molar refractivity (Wildman–Crippen MR) is 129 cm³/mol. The number of carbonyl (C=O) groups excluding carboxylic acids is 2. The topological polar surface area (TPSA) is 71.1 Å². The molecule has 0 radical (unpaired) electrons. The van der Waals surface area contributed by atoms with Crippen LogP contribution in [-0.2, 0) is 4.79 Å². The Morgan fingerprint density at radius 2 is 1.81 bits per heavy atom. The molecule has 0 bridgehead atoms. The molecule has 4 rings (SSSR count). The number of amides is 2. The lowest BCUT2D eigenvalue weighted by atomic mass is 10.2. The van der Waals surface area contributed by atoms with Gasteiger partial charge in [-0.25, -0.2) is 9.37 Å². The minimum atomic E-state index is -0.394. The lowest BCUT2D eigenvalue weighted by molar-refractivity contribution is -0.115. The number of thioether (sulfide) groups is 1. The SMILES string of the molecule is CCC(Sc1cccc(NC(=O)c2ccc(F)cc2)c1)C(=O)Nc1nc2ccccc2s1. The largest absolute Gasteiger partial charge is 0.322 e. The Balaban J connectivity index is 1.42. The molecule has 0 saturated heterocycles. The van der Waals surface area contributed by atoms with Crippen molar-refractivity contribution in [1.82, 2.24) is 4.98 Å². The summed E-state index contributed by atoms with van der Waals surface area (Å²) in [5.74, 6) is -0.834. The Hall–Kier alpha value is -3.23. The van der Waals surface area contributed by atoms with Gasteiger partial charge in [-0.2, -0.15) is 0 Å². The summed E-state index contributed by atoms with van der Waals surface area (Å²) < 4.78 is 14.1. The van der Waals surface area contributed by atoms with Crippen LogP contribution in [0.4, 0.5) is 15.2 Å². The number of para-hydroxylation sites is 1. The normalized spacial score (nSPS) is 11.8. The minimum absolute atomic E-state index is 0.114. The summed E-state index contributed by atoms with van der Waals surface area (Å²) in [6, 6.07) is 20.4. The van der Waals surface area contributed by atoms with Crippen molar-refractivity contribution >= 4 is 55.9 Å². The van der Waals surface area contributed by atoms with Crippen LogP contribution in [0.15, 0.2) is 77.7 Å². The number of hydrogen-bond acceptors (Lipinski definition) is 5. The van der Waals surface area contributed by atoms with Crippen molar-refractivity contribution in [1.29, 1.82) is 0 Å². The van der Waals surface area contributed by atoms with Gasteiger partial charge in [0.05, 0.1) is 15.5 Å². The van der Waals surface area contributed by atoms with Crippen molar-refractivity contribution in [3.63, 3.8) is 0 Å². The van der Waals surface area contributed by atoms with Crippen molar-refractivity contribution in [3.05, 3.63) is 84.2 Å². The highest BCUT2D eigenvalue weighted by molar-refractivity contribution is 8.00. The monoisotopic (exact) mass is 465 g/mol. The van der Waals surface area contributed by atoms with E-state index in [9.17, 15) is 14.0 Å². The molecule has 0 aliphatic heterocycles. The van der Waals surface area contributed by atoms with Gasteiger partial charge in [0.1, 0.15) is 5.82 Å². The fourth-order valence-corrected chi connectivity index (χ4v) is 4.93. The number of halogens is 1. The Labute approximate surface area is 193 Å². The van der Waals surface area contributed by atoms with Crippen molar-refractivity contribution in [3.8, 4) is 0 Å². The van der Waals surface area contributed by atoms with Gasteiger partial charge in [0.25, 0.3) is 5.91 Å². The first-order chi connectivity index (χ1) is 15.5. The summed E-state index contributed by atoms with van der Waals surface area (Å²) in [5.41, 5.74) is 1.83. The molecule has 0 fully saturated rings. The number of aromatic nitrogens is 1. The van der Waals surface area contributed by atoms with E-state index in [1.807, 2.05) is 49.4 Å². The lowest BCUT2D eigenvalue weighted by Crippen LogP contribution is -2.24. The molecule has 32 heavy (non-hydrogen) atoms. The predicted octanol–water partition coefficient (Wildman–Crippen LogP) is 6.20. The Kier molecular flexibility index (Phi) is 6.82. The number of hydrogen-bond donors (Lipinski definition) is 2. The van der Waals surface area contributed by atoms with Gasteiger partial charge in [0.2, 0.25) is 5.91 Å². The number of fused-ring (bicyclic) bond motifs is 1. The Morgan fingerprint density at radius 3 is 2.56 bits per heavy atom. The first-order valence-electron chi connectivity index (χ1n) is 10.0. The summed E-state index contributed by atoms with van der Waals surface area (Å²) >= 11 is 2.87. The number of anilines is 2. The third kappa shape index (κ3) is 5.33. The minimum Gasteiger partial charge on any atom is -0.322 e. The molecule has 0 saturated carbocycles. The number of nitrogens with zero attached hydrogens (tertiary/aromatic N) is 1. The zero-order valence-corrected chi connectivity index (χ0v) is 18.8. The van der Waals surface area contributed by atoms with E-state index in [-0.39, 0.29) is 17.1 Å². The van der Waals surface area contributed by atoms with Gasteiger partial charge < -0.3 is 10.6 Å². The third-order valence-electron chi connectivity index (χ3n) is 4.66. The quantitative estimate of drug-likeness (QED) is 0.319. The number of benzene rings is 3. The summed E-state index contributed by atoms with van der Waals surface area (Å²) in [7, 11) is 0. The standard InChI is InChI=1S/C24H20FN3O2S2/c1-2-20(23(30)28-24-27-19-8-3-4-9-21(19)32-24)31-18-7-5-6-17(14-18)26-22(29)15-10-12-16(25)13-11-15/h3-14,20H,2H2,1H3,(H,26,29)(H,27,28,30). The van der Waals surface area contributed by atoms with Gasteiger partial charge in [-0.05, 0) is 61.0 Å². The first-order valence-corrected chi connectivity index (χ1v) is 11.7. The molecule has 0 aliphatic carbocycles. The molecule has 1 aromatic heterocycles. The molecule has 162 valence electrons. The maximum Gasteiger partial charge on any atom is 0.255 e. The van der Waals surface area contributed by atoms with Crippen LogP contribution in [0.3, 0.4) is 0 Å². The molecule has 4 aromatic rings. The second-order valence-corrected chi connectivity index (χ2v) is 9.29. The van der Waals surface area contributed by atoms with Crippen LogP contribution in [0.25, 0.3) is 10.2 Å². The van der Waals surface area contributed by atoms with Crippen molar-refractivity contribution in [2.24, 2.45) is 0 Å². The van der Waals surface area contributed by atoms with Gasteiger partial charge in [-0.15, -0.1) is 11.8 Å². The number of carbonyl (C=O) groups is 2. The van der Waals surface area contributed by atoms with Crippen LogP contribution in [0, 0.1) is 5.82 Å². The molecule has 1 heterocycles. The smallest absolute Gasteiger partial charge is 0.255 e. The maximum atomic E-state index is 13.1. The summed E-state index contributed by atoms with van der Waals surface area (Å²) in [6.45, 7) is 1.95. The maximum absolute atomic E-state index is 13.1. The molecule has 2 amide bonds. The van der Waals surface area contributed by atoms with E-state index >= 15 is 0 Å². The Bertz CT molecular complexity index is 1220. The zero-order valence-electron chi connectivity index (χ0n) is 17.2. The molecule has 3 aromatic carbocycles. The van der Waals surface area contributed by atoms with Gasteiger partial charge in [0.15, 0.2) is 5.13 Å². The van der Waals surface area contributed by atoms with E-state index in [0.29, 0.717) is 22.8 Å². The van der Waals surface area contributed by atoms with E-state index in [0.717, 1.165) is 15.1 Å². The van der Waals surface area contributed by atoms with Gasteiger partial charge in [0, 0.05) is 16.1 Å². The highest BCUT2D eigenvalue weighted by Crippen LogP contribution is 2.30. The van der Waals surface area contributed by atoms with Crippen molar-refractivity contribution < 1.29 is 14.0 Å². The van der Waals surface area contributed by atoms with E-state index in [1.165, 1.54) is 47.4 Å². The lowest BCUT2D eigenvalue weighted by Gasteiger charge is -2.14. The summed E-state index contributed by atoms with van der Waals surface area (Å²) in [6.07, 6.45) is 0.633. The highest BCUT2D eigenvalue weighted by Gasteiger charge is 2.20. The van der Waals surface area contributed by atoms with E-state index < -0.39 is 5.82 Å². The highest BCUT2D eigenvalue weighted by atomic mass is 32.2. The zero-order chi connectivity index (χ0) is 22.5. The number of nitrogens with one attached hydrogen (secondary N) is 2. The fraction of sp³-hybridized carbons (Fsp3) is 0.125. The molecule has 0 aliphatic rings. The second-order valence-electron chi connectivity index (χ2n) is 6.98. The average molecular weight is 466 g/mol. The average Bonchev–Trinajstić information content (AvgIpc) is 3.20. The second kappa shape index (κ2) is 9.93. The van der Waals surface area contributed by atoms with E-state index in [4.69, 9.17) is 0 Å². The molecule has 2 N–H and O–H groups in total. The number of rotatable bonds is 7. The van der Waals surface area contributed by atoms with Crippen LogP contribution in [0.1, 0.15) is 23.7 Å². The molecular formula is C24H20FN3O2S2. The van der Waals surface area contributed by atoms with Crippen LogP contribution < -0.4 is 10.6 Å². The van der Waals surface area contributed by atoms with Gasteiger partial charge >= 0.3 is 0 Å². The molecule has 0 spiro atoms. The van der Waals surface area contributed by atoms with Crippen molar-refractivity contribution in [2.45, 2.75) is 23.5 Å². The van der Waals surface area contributed by atoms with Crippen LogP contribution in [0.2, 0.25) is 0 Å². The molecule has 1 unspecified atom stereocenters. The van der Waals surface area contributed by atoms with E-state index in [2.05, 4.69) is 15.6 Å². The molecule has 5 nitrogen and oxygen atoms in total. The van der Waals surface area contributed by atoms with Crippen LogP contribution in [-0.4, -0.2) is 22.0 Å². The van der Waals surface area contributed by atoms with Gasteiger partial charge in [-0.3, -0.25) is 9.59 Å². The molecule has 1 atom stereocenters. The van der Waals surface area contributed by atoms with Crippen molar-refractivity contribution in [2.75, 3.05) is 10.6 Å². The number of thiazole rings is 1.